The summed E-state index contributed by atoms with van der Waals surface area (Å²) in [5.41, 5.74) is 4.98. The first-order valence-electron chi connectivity index (χ1n) is 7.76. The van der Waals surface area contributed by atoms with Gasteiger partial charge in [0.05, 0.1) is 7.11 Å². The van der Waals surface area contributed by atoms with Crippen LogP contribution < -0.4 is 9.30 Å². The van der Waals surface area contributed by atoms with Gasteiger partial charge in [-0.2, -0.15) is 4.57 Å². The number of methoxy groups -OCH3 is 1. The van der Waals surface area contributed by atoms with Gasteiger partial charge in [0.2, 0.25) is 0 Å². The molecule has 0 spiro atoms. The normalized spacial score (nSPS) is 13.1. The number of hydrogen-bond acceptors (Lipinski definition) is 2. The van der Waals surface area contributed by atoms with Crippen molar-refractivity contribution in [2.45, 2.75) is 18.6 Å². The Hall–Kier alpha value is -2.20. The van der Waals surface area contributed by atoms with E-state index in [-0.39, 0.29) is 0 Å². The van der Waals surface area contributed by atoms with Crippen LogP contribution in [0.2, 0.25) is 0 Å². The minimum Gasteiger partial charge on any atom is -0.497 e. The van der Waals surface area contributed by atoms with Crippen LogP contribution in [-0.4, -0.2) is 17.4 Å². The van der Waals surface area contributed by atoms with Crippen LogP contribution in [-0.2, 0) is 6.54 Å². The fourth-order valence-corrected chi connectivity index (χ4v) is 4.05. The second-order valence-corrected chi connectivity index (χ2v) is 6.79. The first kappa shape index (κ1) is 14.4. The molecule has 2 heterocycles. The summed E-state index contributed by atoms with van der Waals surface area (Å²) in [5, 5.41) is 1.31. The van der Waals surface area contributed by atoms with E-state index in [0.29, 0.717) is 0 Å². The van der Waals surface area contributed by atoms with Crippen LogP contribution >= 0.6 is 11.8 Å². The predicted octanol–water partition coefficient (Wildman–Crippen LogP) is 3.85. The molecule has 0 fully saturated rings. The number of nitrogens with zero attached hydrogens (tertiary/aromatic N) is 2. The lowest BCUT2D eigenvalue weighted by Gasteiger charge is -2.01. The second kappa shape index (κ2) is 5.78. The summed E-state index contributed by atoms with van der Waals surface area (Å²) in [7, 11) is 1.70. The van der Waals surface area contributed by atoms with E-state index in [4.69, 9.17) is 4.74 Å². The molecule has 3 aromatic rings. The zero-order chi connectivity index (χ0) is 15.8. The van der Waals surface area contributed by atoms with E-state index < -0.39 is 0 Å². The van der Waals surface area contributed by atoms with Gasteiger partial charge >= 0.3 is 5.16 Å². The van der Waals surface area contributed by atoms with Crippen molar-refractivity contribution in [1.29, 1.82) is 0 Å². The summed E-state index contributed by atoms with van der Waals surface area (Å²) in [4.78, 5) is 0. The van der Waals surface area contributed by atoms with Gasteiger partial charge in [-0.25, -0.2) is 4.57 Å². The molecular weight excluding hydrogens is 304 g/mol. The average molecular weight is 323 g/mol. The van der Waals surface area contributed by atoms with Crippen molar-refractivity contribution in [3.05, 3.63) is 60.3 Å². The van der Waals surface area contributed by atoms with E-state index in [1.165, 1.54) is 27.7 Å². The van der Waals surface area contributed by atoms with E-state index >= 15 is 0 Å². The number of hydrogen-bond donors (Lipinski definition) is 0. The van der Waals surface area contributed by atoms with Crippen molar-refractivity contribution >= 4 is 11.8 Å². The minimum atomic E-state index is 0.891. The summed E-state index contributed by atoms with van der Waals surface area (Å²) in [6, 6.07) is 17.0. The van der Waals surface area contributed by atoms with Crippen molar-refractivity contribution in [1.82, 2.24) is 4.57 Å². The number of fused-ring (bicyclic) bond motifs is 1. The third-order valence-corrected chi connectivity index (χ3v) is 5.29. The molecule has 0 unspecified atom stereocenters. The standard InChI is InChI=1S/C19H19N2OS/c1-14-3-7-16(8-4-14)21-13-18(20-11-12-23-19(20)21)15-5-9-17(22-2)10-6-15/h3-10,13H,11-12H2,1-2H3/q+1. The highest BCUT2D eigenvalue weighted by Crippen LogP contribution is 2.30. The first-order chi connectivity index (χ1) is 11.3. The number of ether oxygens (including phenoxy) is 1. The Kier molecular flexibility index (Phi) is 3.62. The molecule has 0 N–H and O–H groups in total. The predicted molar refractivity (Wildman–Crippen MR) is 93.4 cm³/mol. The summed E-state index contributed by atoms with van der Waals surface area (Å²) in [6.45, 7) is 3.18. The molecule has 0 amide bonds. The van der Waals surface area contributed by atoms with E-state index in [0.717, 1.165) is 18.0 Å². The Balaban J connectivity index is 1.82. The van der Waals surface area contributed by atoms with Crippen molar-refractivity contribution in [2.75, 3.05) is 12.9 Å². The summed E-state index contributed by atoms with van der Waals surface area (Å²) < 4.78 is 9.98. The molecule has 1 aliphatic heterocycles. The van der Waals surface area contributed by atoms with Gasteiger partial charge in [-0.3, -0.25) is 0 Å². The van der Waals surface area contributed by atoms with Gasteiger partial charge in [-0.15, -0.1) is 0 Å². The van der Waals surface area contributed by atoms with Gasteiger partial charge < -0.3 is 4.74 Å². The van der Waals surface area contributed by atoms with Crippen LogP contribution in [0.3, 0.4) is 0 Å². The van der Waals surface area contributed by atoms with Crippen molar-refractivity contribution < 1.29 is 9.30 Å². The molecular formula is C19H19N2OS+. The number of imidazole rings is 1. The lowest BCUT2D eigenvalue weighted by molar-refractivity contribution is -0.713. The van der Waals surface area contributed by atoms with Crippen LogP contribution in [0.1, 0.15) is 5.56 Å². The molecule has 0 saturated carbocycles. The van der Waals surface area contributed by atoms with Gasteiger partial charge in [-0.05, 0) is 55.1 Å². The maximum Gasteiger partial charge on any atom is 0.323 e. The molecule has 4 rings (SSSR count). The lowest BCUT2D eigenvalue weighted by Crippen LogP contribution is -2.33. The Bertz CT molecular complexity index is 835. The van der Waals surface area contributed by atoms with Gasteiger partial charge in [0, 0.05) is 11.3 Å². The Labute approximate surface area is 140 Å². The van der Waals surface area contributed by atoms with E-state index in [9.17, 15) is 0 Å². The Morgan fingerprint density at radius 1 is 1.04 bits per heavy atom. The van der Waals surface area contributed by atoms with Crippen molar-refractivity contribution in [3.63, 3.8) is 0 Å². The fourth-order valence-electron chi connectivity index (χ4n) is 2.95. The highest BCUT2D eigenvalue weighted by Gasteiger charge is 2.30. The van der Waals surface area contributed by atoms with E-state index in [2.05, 4.69) is 58.7 Å². The van der Waals surface area contributed by atoms with Crippen LogP contribution in [0.4, 0.5) is 0 Å². The van der Waals surface area contributed by atoms with E-state index in [1.54, 1.807) is 7.11 Å². The maximum absolute atomic E-state index is 5.27. The summed E-state index contributed by atoms with van der Waals surface area (Å²) in [5.74, 6) is 2.02. The highest BCUT2D eigenvalue weighted by atomic mass is 32.2. The highest BCUT2D eigenvalue weighted by molar-refractivity contribution is 7.99. The molecule has 23 heavy (non-hydrogen) atoms. The SMILES string of the molecule is COc1ccc(-c2cn(-c3ccc(C)cc3)c3[n+]2CCS3)cc1. The minimum absolute atomic E-state index is 0.891. The van der Waals surface area contributed by atoms with Gasteiger partial charge in [-0.1, -0.05) is 17.7 Å². The molecule has 116 valence electrons. The lowest BCUT2D eigenvalue weighted by atomic mass is 10.1. The molecule has 0 radical (unpaired) electrons. The van der Waals surface area contributed by atoms with Gasteiger partial charge in [0.15, 0.2) is 5.69 Å². The van der Waals surface area contributed by atoms with Crippen molar-refractivity contribution in [2.24, 2.45) is 0 Å². The Morgan fingerprint density at radius 2 is 1.78 bits per heavy atom. The Morgan fingerprint density at radius 3 is 2.48 bits per heavy atom. The zero-order valence-corrected chi connectivity index (χ0v) is 14.1. The largest absolute Gasteiger partial charge is 0.497 e. The maximum atomic E-state index is 5.27. The quantitative estimate of drug-likeness (QED) is 0.681. The molecule has 1 aliphatic rings. The summed E-state index contributed by atoms with van der Waals surface area (Å²) >= 11 is 1.92. The first-order valence-corrected chi connectivity index (χ1v) is 8.74. The van der Waals surface area contributed by atoms with Crippen LogP contribution in [0.25, 0.3) is 16.9 Å². The molecule has 3 nitrogen and oxygen atoms in total. The number of thioether (sulfide) groups is 1. The van der Waals surface area contributed by atoms with Crippen LogP contribution in [0.5, 0.6) is 5.75 Å². The second-order valence-electron chi connectivity index (χ2n) is 5.73. The molecule has 0 bridgehead atoms. The monoisotopic (exact) mass is 323 g/mol. The third kappa shape index (κ3) is 2.53. The third-order valence-electron chi connectivity index (χ3n) is 4.22. The number of rotatable bonds is 3. The smallest absolute Gasteiger partial charge is 0.323 e. The number of aryl methyl sites for hydroxylation is 1. The molecule has 0 atom stereocenters. The zero-order valence-electron chi connectivity index (χ0n) is 13.3. The molecule has 4 heteroatoms. The van der Waals surface area contributed by atoms with Crippen LogP contribution in [0, 0.1) is 6.92 Å². The van der Waals surface area contributed by atoms with Gasteiger partial charge in [0.1, 0.15) is 24.2 Å². The topological polar surface area (TPSA) is 18.0 Å². The number of aromatic nitrogens is 2. The number of benzene rings is 2. The molecule has 1 aromatic heterocycles. The molecule has 0 saturated heterocycles. The fraction of sp³-hybridized carbons (Fsp3) is 0.211. The van der Waals surface area contributed by atoms with E-state index in [1.807, 2.05) is 23.9 Å². The van der Waals surface area contributed by atoms with Crippen molar-refractivity contribution in [3.8, 4) is 22.7 Å². The summed E-state index contributed by atoms with van der Waals surface area (Å²) in [6.07, 6.45) is 2.24. The molecule has 2 aromatic carbocycles. The molecule has 0 aliphatic carbocycles. The van der Waals surface area contributed by atoms with Crippen LogP contribution in [0.15, 0.2) is 59.9 Å². The van der Waals surface area contributed by atoms with Gasteiger partial charge in [0.25, 0.3) is 0 Å². The average Bonchev–Trinajstić information content (AvgIpc) is 3.18.